The lowest BCUT2D eigenvalue weighted by molar-refractivity contribution is 0.182. The fraction of sp³-hybridized carbons (Fsp3) is 0.364. The van der Waals surface area contributed by atoms with Crippen LogP contribution in [-0.2, 0) is 4.74 Å². The number of methoxy groups -OCH3 is 1. The van der Waals surface area contributed by atoms with Crippen LogP contribution in [0.2, 0.25) is 0 Å². The number of rotatable bonds is 5. The van der Waals surface area contributed by atoms with E-state index in [0.717, 1.165) is 5.56 Å². The van der Waals surface area contributed by atoms with Crippen molar-refractivity contribution in [3.8, 4) is 11.4 Å². The van der Waals surface area contributed by atoms with Crippen molar-refractivity contribution >= 4 is 0 Å². The SMILES string of the molecule is COCCC(N)c1nc(-c2cccnc2)no1. The van der Waals surface area contributed by atoms with Gasteiger partial charge in [-0.2, -0.15) is 4.98 Å². The Balaban J connectivity index is 2.11. The molecule has 2 rings (SSSR count). The van der Waals surface area contributed by atoms with Crippen molar-refractivity contribution in [1.29, 1.82) is 0 Å². The number of hydrogen-bond acceptors (Lipinski definition) is 6. The summed E-state index contributed by atoms with van der Waals surface area (Å²) in [6.45, 7) is 0.561. The molecule has 6 heteroatoms. The van der Waals surface area contributed by atoms with Crippen molar-refractivity contribution in [2.24, 2.45) is 5.73 Å². The van der Waals surface area contributed by atoms with Gasteiger partial charge in [0.2, 0.25) is 11.7 Å². The van der Waals surface area contributed by atoms with Crippen molar-refractivity contribution in [3.63, 3.8) is 0 Å². The minimum atomic E-state index is -0.298. The lowest BCUT2D eigenvalue weighted by Gasteiger charge is -2.04. The zero-order chi connectivity index (χ0) is 12.1. The summed E-state index contributed by atoms with van der Waals surface area (Å²) in [4.78, 5) is 8.23. The summed E-state index contributed by atoms with van der Waals surface area (Å²) in [6, 6.07) is 3.38. The number of nitrogens with zero attached hydrogens (tertiary/aromatic N) is 3. The van der Waals surface area contributed by atoms with Gasteiger partial charge in [0.15, 0.2) is 0 Å². The van der Waals surface area contributed by atoms with Crippen molar-refractivity contribution in [1.82, 2.24) is 15.1 Å². The van der Waals surface area contributed by atoms with Crippen LogP contribution >= 0.6 is 0 Å². The van der Waals surface area contributed by atoms with Crippen molar-refractivity contribution in [2.45, 2.75) is 12.5 Å². The topological polar surface area (TPSA) is 87.1 Å². The zero-order valence-corrected chi connectivity index (χ0v) is 9.54. The normalized spacial score (nSPS) is 12.6. The van der Waals surface area contributed by atoms with Crippen molar-refractivity contribution in [2.75, 3.05) is 13.7 Å². The van der Waals surface area contributed by atoms with Crippen LogP contribution in [0.25, 0.3) is 11.4 Å². The van der Waals surface area contributed by atoms with E-state index in [0.29, 0.717) is 24.7 Å². The van der Waals surface area contributed by atoms with Gasteiger partial charge >= 0.3 is 0 Å². The highest BCUT2D eigenvalue weighted by atomic mass is 16.5. The molecule has 0 aliphatic carbocycles. The van der Waals surface area contributed by atoms with Crippen LogP contribution in [0.1, 0.15) is 18.4 Å². The number of aromatic nitrogens is 3. The third-order valence-corrected chi connectivity index (χ3v) is 2.31. The van der Waals surface area contributed by atoms with E-state index in [2.05, 4.69) is 15.1 Å². The van der Waals surface area contributed by atoms with Crippen LogP contribution in [0.15, 0.2) is 29.0 Å². The Bertz CT molecular complexity index is 458. The molecule has 0 aliphatic rings. The fourth-order valence-electron chi connectivity index (χ4n) is 1.37. The maximum atomic E-state index is 5.88. The third kappa shape index (κ3) is 2.86. The van der Waals surface area contributed by atoms with Gasteiger partial charge in [0.05, 0.1) is 6.04 Å². The first-order valence-electron chi connectivity index (χ1n) is 5.30. The first kappa shape index (κ1) is 11.7. The Labute approximate surface area is 98.8 Å². The molecule has 0 saturated heterocycles. The summed E-state index contributed by atoms with van der Waals surface area (Å²) in [5.74, 6) is 0.918. The average molecular weight is 234 g/mol. The second kappa shape index (κ2) is 5.51. The number of ether oxygens (including phenoxy) is 1. The van der Waals surface area contributed by atoms with Gasteiger partial charge in [-0.1, -0.05) is 5.16 Å². The molecule has 0 saturated carbocycles. The van der Waals surface area contributed by atoms with E-state index < -0.39 is 0 Å². The van der Waals surface area contributed by atoms with E-state index in [-0.39, 0.29) is 6.04 Å². The maximum Gasteiger partial charge on any atom is 0.243 e. The highest BCUT2D eigenvalue weighted by Gasteiger charge is 2.15. The zero-order valence-electron chi connectivity index (χ0n) is 9.54. The second-order valence-electron chi connectivity index (χ2n) is 3.59. The molecule has 2 aromatic rings. The minimum absolute atomic E-state index is 0.298. The van der Waals surface area contributed by atoms with Gasteiger partial charge in [0.25, 0.3) is 0 Å². The molecule has 0 spiro atoms. The van der Waals surface area contributed by atoms with Crippen molar-refractivity contribution in [3.05, 3.63) is 30.4 Å². The number of nitrogens with two attached hydrogens (primary N) is 1. The molecular weight excluding hydrogens is 220 g/mol. The van der Waals surface area contributed by atoms with E-state index in [1.165, 1.54) is 0 Å². The highest BCUT2D eigenvalue weighted by molar-refractivity contribution is 5.51. The first-order chi connectivity index (χ1) is 8.31. The van der Waals surface area contributed by atoms with E-state index in [1.54, 1.807) is 19.5 Å². The third-order valence-electron chi connectivity index (χ3n) is 2.31. The van der Waals surface area contributed by atoms with Crippen LogP contribution in [-0.4, -0.2) is 28.8 Å². The summed E-state index contributed by atoms with van der Waals surface area (Å²) in [7, 11) is 1.63. The maximum absolute atomic E-state index is 5.88. The molecule has 6 nitrogen and oxygen atoms in total. The minimum Gasteiger partial charge on any atom is -0.385 e. The van der Waals surface area contributed by atoms with Crippen LogP contribution < -0.4 is 5.73 Å². The van der Waals surface area contributed by atoms with Gasteiger partial charge in [0, 0.05) is 31.7 Å². The molecule has 1 unspecified atom stereocenters. The Morgan fingerprint density at radius 2 is 2.41 bits per heavy atom. The van der Waals surface area contributed by atoms with Crippen LogP contribution in [0.5, 0.6) is 0 Å². The number of pyridine rings is 1. The van der Waals surface area contributed by atoms with E-state index in [1.807, 2.05) is 12.1 Å². The summed E-state index contributed by atoms with van der Waals surface area (Å²) < 4.78 is 10.1. The molecule has 0 aliphatic heterocycles. The Morgan fingerprint density at radius 1 is 1.53 bits per heavy atom. The Morgan fingerprint density at radius 3 is 3.12 bits per heavy atom. The molecule has 0 radical (unpaired) electrons. The smallest absolute Gasteiger partial charge is 0.243 e. The lowest BCUT2D eigenvalue weighted by atomic mass is 10.2. The highest BCUT2D eigenvalue weighted by Crippen LogP contribution is 2.17. The summed E-state index contributed by atoms with van der Waals surface area (Å²) in [5.41, 5.74) is 6.69. The monoisotopic (exact) mass is 234 g/mol. The molecule has 2 aromatic heterocycles. The van der Waals surface area contributed by atoms with Gasteiger partial charge in [-0.3, -0.25) is 4.98 Å². The lowest BCUT2D eigenvalue weighted by Crippen LogP contribution is -2.12. The van der Waals surface area contributed by atoms with Gasteiger partial charge in [-0.15, -0.1) is 0 Å². The van der Waals surface area contributed by atoms with Crippen LogP contribution in [0.3, 0.4) is 0 Å². The predicted molar refractivity (Wildman–Crippen MR) is 61.0 cm³/mol. The van der Waals surface area contributed by atoms with Crippen LogP contribution in [0, 0.1) is 0 Å². The molecule has 2 heterocycles. The Hall–Kier alpha value is -1.79. The van der Waals surface area contributed by atoms with E-state index in [4.69, 9.17) is 15.0 Å². The average Bonchev–Trinajstić information content (AvgIpc) is 2.86. The molecule has 0 fully saturated rings. The van der Waals surface area contributed by atoms with Crippen molar-refractivity contribution < 1.29 is 9.26 Å². The molecule has 0 aromatic carbocycles. The fourth-order valence-corrected chi connectivity index (χ4v) is 1.37. The Kier molecular flexibility index (Phi) is 3.79. The van der Waals surface area contributed by atoms with Gasteiger partial charge < -0.3 is 15.0 Å². The molecule has 0 bridgehead atoms. The molecule has 2 N–H and O–H groups in total. The summed E-state index contributed by atoms with van der Waals surface area (Å²) in [6.07, 6.45) is 4.01. The first-order valence-corrected chi connectivity index (χ1v) is 5.30. The molecule has 0 amide bonds. The van der Waals surface area contributed by atoms with E-state index in [9.17, 15) is 0 Å². The molecule has 90 valence electrons. The predicted octanol–water partition coefficient (Wildman–Crippen LogP) is 1.17. The molecule has 17 heavy (non-hydrogen) atoms. The van der Waals surface area contributed by atoms with Crippen LogP contribution in [0.4, 0.5) is 0 Å². The van der Waals surface area contributed by atoms with E-state index >= 15 is 0 Å². The molecular formula is C11H14N4O2. The summed E-state index contributed by atoms with van der Waals surface area (Å²) >= 11 is 0. The standard InChI is InChI=1S/C11H14N4O2/c1-16-6-4-9(12)11-14-10(15-17-11)8-3-2-5-13-7-8/h2-3,5,7,9H,4,6,12H2,1H3. The van der Waals surface area contributed by atoms with Gasteiger partial charge in [-0.25, -0.2) is 0 Å². The van der Waals surface area contributed by atoms with Gasteiger partial charge in [-0.05, 0) is 18.6 Å². The largest absolute Gasteiger partial charge is 0.385 e. The van der Waals surface area contributed by atoms with Gasteiger partial charge in [0.1, 0.15) is 0 Å². The second-order valence-corrected chi connectivity index (χ2v) is 3.59. The quantitative estimate of drug-likeness (QED) is 0.835. The molecule has 1 atom stereocenters. The summed E-state index contributed by atoms with van der Waals surface area (Å²) in [5, 5.41) is 3.87. The number of hydrogen-bond donors (Lipinski definition) is 1.